The first kappa shape index (κ1) is 9.05. The Labute approximate surface area is 69.8 Å². The number of aliphatic hydroxyl groups excluding tert-OH is 1. The summed E-state index contributed by atoms with van der Waals surface area (Å²) in [4.78, 5) is 0. The van der Waals surface area contributed by atoms with Gasteiger partial charge in [-0.15, -0.1) is 0 Å². The summed E-state index contributed by atoms with van der Waals surface area (Å²) < 4.78 is 0. The highest BCUT2D eigenvalue weighted by Gasteiger charge is 2.29. The van der Waals surface area contributed by atoms with Crippen LogP contribution in [0, 0.1) is 17.8 Å². The smallest absolute Gasteiger partial charge is 0.0540 e. The van der Waals surface area contributed by atoms with Crippen LogP contribution in [0.5, 0.6) is 0 Å². The fraction of sp³-hybridized carbons (Fsp3) is 1.00. The summed E-state index contributed by atoms with van der Waals surface area (Å²) in [5.41, 5.74) is 0. The lowest BCUT2D eigenvalue weighted by molar-refractivity contribution is 0.125. The van der Waals surface area contributed by atoms with Crippen molar-refractivity contribution in [1.29, 1.82) is 0 Å². The van der Waals surface area contributed by atoms with E-state index in [1.165, 1.54) is 19.3 Å². The molecule has 1 unspecified atom stereocenters. The molecule has 1 saturated carbocycles. The molecule has 11 heavy (non-hydrogen) atoms. The summed E-state index contributed by atoms with van der Waals surface area (Å²) in [5, 5.41) is 9.35. The molecule has 1 fully saturated rings. The van der Waals surface area contributed by atoms with Crippen molar-refractivity contribution < 1.29 is 5.11 Å². The van der Waals surface area contributed by atoms with Gasteiger partial charge in [-0.1, -0.05) is 13.8 Å². The Morgan fingerprint density at radius 1 is 1.09 bits per heavy atom. The lowest BCUT2D eigenvalue weighted by Gasteiger charge is -2.16. The maximum Gasteiger partial charge on any atom is 0.0540 e. The predicted molar refractivity (Wildman–Crippen MR) is 47.3 cm³/mol. The Bertz CT molecular complexity index is 104. The van der Waals surface area contributed by atoms with Crippen molar-refractivity contribution in [1.82, 2.24) is 0 Å². The van der Waals surface area contributed by atoms with Crippen molar-refractivity contribution in [3.8, 4) is 0 Å². The standard InChI is InChI=1S/C10H20O/c1-7(2)9-4-5-10(6-9)8(3)11/h7-11H,4-6H2,1-3H3/t8?,9-,10+/m0/s1. The van der Waals surface area contributed by atoms with Crippen LogP contribution in [0.1, 0.15) is 40.0 Å². The zero-order valence-corrected chi connectivity index (χ0v) is 7.88. The Kier molecular flexibility index (Phi) is 2.94. The van der Waals surface area contributed by atoms with E-state index in [2.05, 4.69) is 13.8 Å². The highest BCUT2D eigenvalue weighted by Crippen LogP contribution is 2.37. The van der Waals surface area contributed by atoms with Crippen molar-refractivity contribution in [2.75, 3.05) is 0 Å². The zero-order valence-electron chi connectivity index (χ0n) is 7.88. The van der Waals surface area contributed by atoms with Crippen LogP contribution >= 0.6 is 0 Å². The molecule has 0 aromatic carbocycles. The molecule has 0 spiro atoms. The van der Waals surface area contributed by atoms with Gasteiger partial charge in [-0.3, -0.25) is 0 Å². The highest BCUT2D eigenvalue weighted by atomic mass is 16.3. The third-order valence-corrected chi connectivity index (χ3v) is 3.14. The highest BCUT2D eigenvalue weighted by molar-refractivity contribution is 4.79. The molecular formula is C10H20O. The van der Waals surface area contributed by atoms with Crippen molar-refractivity contribution in [2.45, 2.75) is 46.1 Å². The summed E-state index contributed by atoms with van der Waals surface area (Å²) >= 11 is 0. The molecule has 0 radical (unpaired) electrons. The van der Waals surface area contributed by atoms with Gasteiger partial charge in [-0.05, 0) is 43.9 Å². The monoisotopic (exact) mass is 156 g/mol. The van der Waals surface area contributed by atoms with Gasteiger partial charge in [-0.2, -0.15) is 0 Å². The van der Waals surface area contributed by atoms with Crippen molar-refractivity contribution in [2.24, 2.45) is 17.8 Å². The molecule has 0 amide bonds. The molecule has 0 aromatic heterocycles. The van der Waals surface area contributed by atoms with Gasteiger partial charge in [0.2, 0.25) is 0 Å². The van der Waals surface area contributed by atoms with Crippen LogP contribution in [0.25, 0.3) is 0 Å². The van der Waals surface area contributed by atoms with Crippen LogP contribution in [0.3, 0.4) is 0 Å². The number of hydrogen-bond acceptors (Lipinski definition) is 1. The Morgan fingerprint density at radius 3 is 1.91 bits per heavy atom. The Balaban J connectivity index is 2.35. The molecule has 1 heteroatoms. The van der Waals surface area contributed by atoms with Gasteiger partial charge in [0, 0.05) is 0 Å². The minimum atomic E-state index is -0.0845. The molecule has 1 N–H and O–H groups in total. The minimum Gasteiger partial charge on any atom is -0.393 e. The third-order valence-electron chi connectivity index (χ3n) is 3.14. The maximum absolute atomic E-state index is 9.35. The van der Waals surface area contributed by atoms with E-state index in [9.17, 15) is 5.11 Å². The Morgan fingerprint density at radius 2 is 1.64 bits per heavy atom. The summed E-state index contributed by atoms with van der Waals surface area (Å²) in [6.45, 7) is 6.50. The van der Waals surface area contributed by atoms with E-state index < -0.39 is 0 Å². The quantitative estimate of drug-likeness (QED) is 0.651. The van der Waals surface area contributed by atoms with Crippen LogP contribution in [-0.2, 0) is 0 Å². The van der Waals surface area contributed by atoms with Gasteiger partial charge in [0.25, 0.3) is 0 Å². The van der Waals surface area contributed by atoms with E-state index >= 15 is 0 Å². The first-order valence-corrected chi connectivity index (χ1v) is 4.79. The number of hydrogen-bond donors (Lipinski definition) is 1. The topological polar surface area (TPSA) is 20.2 Å². The molecule has 1 nitrogen and oxygen atoms in total. The van der Waals surface area contributed by atoms with E-state index in [1.54, 1.807) is 0 Å². The lowest BCUT2D eigenvalue weighted by atomic mass is 9.92. The van der Waals surface area contributed by atoms with Crippen LogP contribution in [0.2, 0.25) is 0 Å². The van der Waals surface area contributed by atoms with E-state index in [1.807, 2.05) is 6.92 Å². The lowest BCUT2D eigenvalue weighted by Crippen LogP contribution is -2.14. The van der Waals surface area contributed by atoms with Crippen LogP contribution in [0.15, 0.2) is 0 Å². The van der Waals surface area contributed by atoms with E-state index in [-0.39, 0.29) is 6.10 Å². The number of rotatable bonds is 2. The molecular weight excluding hydrogens is 136 g/mol. The second-order valence-electron chi connectivity index (χ2n) is 4.32. The zero-order chi connectivity index (χ0) is 8.43. The van der Waals surface area contributed by atoms with Crippen LogP contribution in [0.4, 0.5) is 0 Å². The van der Waals surface area contributed by atoms with Gasteiger partial charge >= 0.3 is 0 Å². The van der Waals surface area contributed by atoms with Gasteiger partial charge in [0.1, 0.15) is 0 Å². The van der Waals surface area contributed by atoms with E-state index in [0.29, 0.717) is 5.92 Å². The third kappa shape index (κ3) is 2.19. The van der Waals surface area contributed by atoms with Crippen molar-refractivity contribution >= 4 is 0 Å². The summed E-state index contributed by atoms with van der Waals surface area (Å²) in [5.74, 6) is 2.26. The maximum atomic E-state index is 9.35. The minimum absolute atomic E-state index is 0.0845. The average Bonchev–Trinajstić information content (AvgIpc) is 2.33. The van der Waals surface area contributed by atoms with Gasteiger partial charge in [-0.25, -0.2) is 0 Å². The summed E-state index contributed by atoms with van der Waals surface area (Å²) in [6, 6.07) is 0. The molecule has 0 aliphatic heterocycles. The van der Waals surface area contributed by atoms with Gasteiger partial charge in [0.15, 0.2) is 0 Å². The molecule has 0 saturated heterocycles. The first-order valence-electron chi connectivity index (χ1n) is 4.79. The fourth-order valence-electron chi connectivity index (χ4n) is 2.10. The molecule has 66 valence electrons. The molecule has 1 aliphatic rings. The average molecular weight is 156 g/mol. The second-order valence-corrected chi connectivity index (χ2v) is 4.32. The second kappa shape index (κ2) is 3.57. The van der Waals surface area contributed by atoms with Crippen LogP contribution in [-0.4, -0.2) is 11.2 Å². The van der Waals surface area contributed by atoms with Gasteiger partial charge in [0.05, 0.1) is 6.10 Å². The molecule has 3 atom stereocenters. The SMILES string of the molecule is CC(C)[C@H]1CC[C@@H](C(C)O)C1. The van der Waals surface area contributed by atoms with Crippen molar-refractivity contribution in [3.63, 3.8) is 0 Å². The summed E-state index contributed by atoms with van der Waals surface area (Å²) in [7, 11) is 0. The number of aliphatic hydroxyl groups is 1. The predicted octanol–water partition coefficient (Wildman–Crippen LogP) is 2.44. The molecule has 0 bridgehead atoms. The van der Waals surface area contributed by atoms with Crippen LogP contribution < -0.4 is 0 Å². The summed E-state index contributed by atoms with van der Waals surface area (Å²) in [6.07, 6.45) is 3.72. The largest absolute Gasteiger partial charge is 0.393 e. The molecule has 0 heterocycles. The van der Waals surface area contributed by atoms with E-state index in [0.717, 1.165) is 11.8 Å². The molecule has 0 aromatic rings. The van der Waals surface area contributed by atoms with Crippen molar-refractivity contribution in [3.05, 3.63) is 0 Å². The molecule has 1 rings (SSSR count). The Hall–Kier alpha value is -0.0400. The van der Waals surface area contributed by atoms with Gasteiger partial charge < -0.3 is 5.11 Å². The first-order chi connectivity index (χ1) is 5.11. The fourth-order valence-corrected chi connectivity index (χ4v) is 2.10. The molecule has 1 aliphatic carbocycles. The normalized spacial score (nSPS) is 34.6. The van der Waals surface area contributed by atoms with E-state index in [4.69, 9.17) is 0 Å².